The Kier molecular flexibility index (Phi) is 6.01. The van der Waals surface area contributed by atoms with Crippen molar-refractivity contribution < 1.29 is 23.6 Å². The van der Waals surface area contributed by atoms with Gasteiger partial charge in [0.15, 0.2) is 6.61 Å². The molecule has 2 aromatic rings. The van der Waals surface area contributed by atoms with Gasteiger partial charge < -0.3 is 14.9 Å². The molecule has 0 saturated heterocycles. The number of methoxy groups -OCH3 is 1. The second kappa shape index (κ2) is 8.42. The molecule has 0 aliphatic heterocycles. The first-order valence-electron chi connectivity index (χ1n) is 6.97. The standard InChI is InChI=1S/C17H15FN2O4/c1-23-17(22)13-7-5-12(6-8-13)10-19-24-11-16(21)20-15-4-2-3-14(18)9-15/h2-10H,11H2,1H3,(H,20,21)/b19-10+. The highest BCUT2D eigenvalue weighted by Gasteiger charge is 2.04. The molecule has 2 aromatic carbocycles. The number of nitrogens with zero attached hydrogens (tertiary/aromatic N) is 1. The molecule has 6 nitrogen and oxygen atoms in total. The third-order valence-corrected chi connectivity index (χ3v) is 2.91. The Balaban J connectivity index is 1.79. The van der Waals surface area contributed by atoms with Gasteiger partial charge in [0.1, 0.15) is 5.82 Å². The van der Waals surface area contributed by atoms with Crippen molar-refractivity contribution >= 4 is 23.8 Å². The van der Waals surface area contributed by atoms with E-state index in [1.165, 1.54) is 31.5 Å². The highest BCUT2D eigenvalue weighted by Crippen LogP contribution is 2.08. The van der Waals surface area contributed by atoms with Crippen molar-refractivity contribution in [1.29, 1.82) is 0 Å². The quantitative estimate of drug-likeness (QED) is 0.502. The van der Waals surface area contributed by atoms with Crippen LogP contribution in [0.1, 0.15) is 15.9 Å². The number of rotatable bonds is 6. The van der Waals surface area contributed by atoms with Gasteiger partial charge in [0.2, 0.25) is 0 Å². The molecule has 124 valence electrons. The summed E-state index contributed by atoms with van der Waals surface area (Å²) < 4.78 is 17.6. The van der Waals surface area contributed by atoms with Crippen LogP contribution in [0, 0.1) is 5.82 Å². The van der Waals surface area contributed by atoms with Crippen LogP contribution in [0.4, 0.5) is 10.1 Å². The normalized spacial score (nSPS) is 10.4. The van der Waals surface area contributed by atoms with E-state index in [0.717, 1.165) is 0 Å². The number of amides is 1. The van der Waals surface area contributed by atoms with Crippen LogP contribution in [-0.4, -0.2) is 31.8 Å². The first kappa shape index (κ1) is 17.1. The number of hydrogen-bond acceptors (Lipinski definition) is 5. The summed E-state index contributed by atoms with van der Waals surface area (Å²) in [6, 6.07) is 12.0. The first-order valence-corrected chi connectivity index (χ1v) is 6.97. The minimum absolute atomic E-state index is 0.312. The summed E-state index contributed by atoms with van der Waals surface area (Å²) >= 11 is 0. The van der Waals surface area contributed by atoms with Crippen LogP contribution in [0.2, 0.25) is 0 Å². The van der Waals surface area contributed by atoms with Gasteiger partial charge in [0.25, 0.3) is 5.91 Å². The largest absolute Gasteiger partial charge is 0.465 e. The lowest BCUT2D eigenvalue weighted by molar-refractivity contribution is -0.120. The number of nitrogens with one attached hydrogen (secondary N) is 1. The number of esters is 1. The van der Waals surface area contributed by atoms with Crippen LogP contribution < -0.4 is 5.32 Å². The second-order valence-electron chi connectivity index (χ2n) is 4.68. The van der Waals surface area contributed by atoms with Gasteiger partial charge in [-0.05, 0) is 35.9 Å². The molecular weight excluding hydrogens is 315 g/mol. The van der Waals surface area contributed by atoms with E-state index in [-0.39, 0.29) is 6.61 Å². The highest BCUT2D eigenvalue weighted by molar-refractivity contribution is 5.92. The Morgan fingerprint density at radius 1 is 1.21 bits per heavy atom. The molecule has 0 aliphatic carbocycles. The van der Waals surface area contributed by atoms with E-state index in [1.807, 2.05) is 0 Å². The molecule has 0 atom stereocenters. The van der Waals surface area contributed by atoms with Crippen molar-refractivity contribution in [1.82, 2.24) is 0 Å². The van der Waals surface area contributed by atoms with Gasteiger partial charge in [-0.25, -0.2) is 9.18 Å². The smallest absolute Gasteiger partial charge is 0.337 e. The molecule has 0 radical (unpaired) electrons. The molecule has 0 bridgehead atoms. The van der Waals surface area contributed by atoms with E-state index >= 15 is 0 Å². The van der Waals surface area contributed by atoms with Crippen molar-refractivity contribution in [2.45, 2.75) is 0 Å². The van der Waals surface area contributed by atoms with Crippen molar-refractivity contribution in [3.63, 3.8) is 0 Å². The van der Waals surface area contributed by atoms with Crippen molar-refractivity contribution in [2.75, 3.05) is 19.0 Å². The lowest BCUT2D eigenvalue weighted by atomic mass is 10.1. The van der Waals surface area contributed by atoms with E-state index in [2.05, 4.69) is 15.2 Å². The van der Waals surface area contributed by atoms with Gasteiger partial charge in [-0.1, -0.05) is 23.4 Å². The minimum atomic E-state index is -0.459. The molecule has 1 amide bonds. The molecule has 0 spiro atoms. The lowest BCUT2D eigenvalue weighted by Gasteiger charge is -2.04. The zero-order chi connectivity index (χ0) is 17.4. The summed E-state index contributed by atoms with van der Waals surface area (Å²) in [4.78, 5) is 27.8. The van der Waals surface area contributed by atoms with Gasteiger partial charge >= 0.3 is 5.97 Å². The summed E-state index contributed by atoms with van der Waals surface area (Å²) in [5.41, 5.74) is 1.45. The topological polar surface area (TPSA) is 77.0 Å². The molecule has 1 N–H and O–H groups in total. The maximum atomic E-state index is 13.0. The number of halogens is 1. The van der Waals surface area contributed by atoms with Crippen LogP contribution in [0.3, 0.4) is 0 Å². The number of hydrogen-bond donors (Lipinski definition) is 1. The fourth-order valence-electron chi connectivity index (χ4n) is 1.78. The van der Waals surface area contributed by atoms with Gasteiger partial charge in [0, 0.05) is 5.69 Å². The van der Waals surface area contributed by atoms with Gasteiger partial charge in [-0.2, -0.15) is 0 Å². The van der Waals surface area contributed by atoms with Crippen LogP contribution >= 0.6 is 0 Å². The average molecular weight is 330 g/mol. The van der Waals surface area contributed by atoms with Crippen molar-refractivity contribution in [2.24, 2.45) is 5.16 Å². The summed E-state index contributed by atoms with van der Waals surface area (Å²) in [6.07, 6.45) is 1.40. The zero-order valence-electron chi connectivity index (χ0n) is 12.9. The summed E-state index contributed by atoms with van der Waals surface area (Å²) in [5, 5.41) is 6.14. The molecule has 24 heavy (non-hydrogen) atoms. The predicted molar refractivity (Wildman–Crippen MR) is 86.4 cm³/mol. The maximum Gasteiger partial charge on any atom is 0.337 e. The number of oxime groups is 1. The molecule has 2 rings (SSSR count). The third kappa shape index (κ3) is 5.20. The Hall–Kier alpha value is -3.22. The van der Waals surface area contributed by atoms with Crippen LogP contribution in [0.25, 0.3) is 0 Å². The van der Waals surface area contributed by atoms with E-state index in [0.29, 0.717) is 16.8 Å². The zero-order valence-corrected chi connectivity index (χ0v) is 12.9. The fourth-order valence-corrected chi connectivity index (χ4v) is 1.78. The summed E-state index contributed by atoms with van der Waals surface area (Å²) in [7, 11) is 1.31. The molecule has 0 heterocycles. The third-order valence-electron chi connectivity index (χ3n) is 2.91. The van der Waals surface area contributed by atoms with Crippen LogP contribution in [0.5, 0.6) is 0 Å². The van der Waals surface area contributed by atoms with Gasteiger partial charge in [-0.3, -0.25) is 4.79 Å². The number of carbonyl (C=O) groups is 2. The van der Waals surface area contributed by atoms with Gasteiger partial charge in [0.05, 0.1) is 18.9 Å². The molecular formula is C17H15FN2O4. The summed E-state index contributed by atoms with van der Waals surface area (Å²) in [5.74, 6) is -1.33. The molecule has 0 saturated carbocycles. The first-order chi connectivity index (χ1) is 11.6. The Bertz CT molecular complexity index is 745. The number of benzene rings is 2. The van der Waals surface area contributed by atoms with Crippen molar-refractivity contribution in [3.05, 3.63) is 65.5 Å². The fraction of sp³-hybridized carbons (Fsp3) is 0.118. The lowest BCUT2D eigenvalue weighted by Crippen LogP contribution is -2.17. The van der Waals surface area contributed by atoms with E-state index in [4.69, 9.17) is 4.84 Å². The Morgan fingerprint density at radius 2 is 1.96 bits per heavy atom. The highest BCUT2D eigenvalue weighted by atomic mass is 19.1. The molecule has 0 fully saturated rings. The molecule has 0 aliphatic rings. The molecule has 7 heteroatoms. The molecule has 0 aromatic heterocycles. The minimum Gasteiger partial charge on any atom is -0.465 e. The number of carbonyl (C=O) groups excluding carboxylic acids is 2. The second-order valence-corrected chi connectivity index (χ2v) is 4.68. The monoisotopic (exact) mass is 330 g/mol. The number of ether oxygens (including phenoxy) is 1. The maximum absolute atomic E-state index is 13.0. The predicted octanol–water partition coefficient (Wildman–Crippen LogP) is 2.60. The average Bonchev–Trinajstić information content (AvgIpc) is 2.58. The summed E-state index contributed by atoms with van der Waals surface area (Å²) in [6.45, 7) is -0.312. The van der Waals surface area contributed by atoms with Crippen LogP contribution in [-0.2, 0) is 14.4 Å². The number of anilines is 1. The SMILES string of the molecule is COC(=O)c1ccc(/C=N/OCC(=O)Nc2cccc(F)c2)cc1. The van der Waals surface area contributed by atoms with E-state index in [1.54, 1.807) is 30.3 Å². The van der Waals surface area contributed by atoms with E-state index in [9.17, 15) is 14.0 Å². The van der Waals surface area contributed by atoms with E-state index < -0.39 is 17.7 Å². The Morgan fingerprint density at radius 3 is 2.62 bits per heavy atom. The molecule has 0 unspecified atom stereocenters. The van der Waals surface area contributed by atoms with Crippen LogP contribution in [0.15, 0.2) is 53.7 Å². The van der Waals surface area contributed by atoms with Crippen molar-refractivity contribution in [3.8, 4) is 0 Å². The van der Waals surface area contributed by atoms with Gasteiger partial charge in [-0.15, -0.1) is 0 Å². The Labute approximate surface area is 137 Å².